The summed E-state index contributed by atoms with van der Waals surface area (Å²) in [5, 5.41) is 1.76. The van der Waals surface area contributed by atoms with E-state index in [4.69, 9.17) is 0 Å². The highest BCUT2D eigenvalue weighted by Gasteiger charge is 2.36. The number of halogens is 1. The highest BCUT2D eigenvalue weighted by molar-refractivity contribution is 8.18. The van der Waals surface area contributed by atoms with Gasteiger partial charge in [-0.15, -0.1) is 0 Å². The van der Waals surface area contributed by atoms with Gasteiger partial charge in [0.25, 0.3) is 17.1 Å². The average Bonchev–Trinajstić information content (AvgIpc) is 3.25. The molecular weight excluding hydrogens is 471 g/mol. The Morgan fingerprint density at radius 1 is 1.03 bits per heavy atom. The minimum atomic E-state index is -0.694. The second-order valence-electron chi connectivity index (χ2n) is 7.76. The lowest BCUT2D eigenvalue weighted by molar-refractivity contribution is -0.127. The molecule has 1 aliphatic heterocycles. The maximum absolute atomic E-state index is 13.8. The highest BCUT2D eigenvalue weighted by atomic mass is 32.2. The van der Waals surface area contributed by atoms with Crippen LogP contribution in [0, 0.1) is 19.7 Å². The van der Waals surface area contributed by atoms with Gasteiger partial charge in [0.2, 0.25) is 5.91 Å². The molecule has 3 aromatic rings. The number of nitrogens with one attached hydrogen (secondary N) is 2. The minimum absolute atomic E-state index is 0.0370. The first-order valence-corrected chi connectivity index (χ1v) is 11.4. The van der Waals surface area contributed by atoms with E-state index in [1.54, 1.807) is 61.0 Å². The van der Waals surface area contributed by atoms with Crippen molar-refractivity contribution in [1.29, 1.82) is 0 Å². The van der Waals surface area contributed by atoms with Crippen molar-refractivity contribution in [1.82, 2.24) is 9.58 Å². The largest absolute Gasteiger partial charge is 0.322 e. The van der Waals surface area contributed by atoms with E-state index in [9.17, 15) is 23.6 Å². The maximum Gasteiger partial charge on any atom is 0.294 e. The number of aryl methyl sites for hydroxylation is 1. The number of hydrogen-bond donors (Lipinski definition) is 2. The standard InChI is InChI=1S/C25H21FN4O4S/c1-15-12-18(16(2)30(15)28-23(32)17-8-4-3-5-9-17)13-21-24(33)29(25(34)35-21)14-22(31)27-20-11-7-6-10-19(20)26/h3-13H,14H2,1-2H3,(H,27,31)(H,28,32)/b21-13-. The molecular formula is C25H21FN4O4S. The van der Waals surface area contributed by atoms with Gasteiger partial charge in [-0.05, 0) is 67.6 Å². The van der Waals surface area contributed by atoms with E-state index in [0.29, 0.717) is 28.6 Å². The second kappa shape index (κ2) is 9.98. The Labute approximate surface area is 204 Å². The maximum atomic E-state index is 13.8. The molecule has 35 heavy (non-hydrogen) atoms. The molecule has 0 aliphatic carbocycles. The van der Waals surface area contributed by atoms with Crippen molar-refractivity contribution in [3.05, 3.63) is 93.9 Å². The number of hydrogen-bond acceptors (Lipinski definition) is 5. The molecule has 0 radical (unpaired) electrons. The van der Waals surface area contributed by atoms with E-state index in [-0.39, 0.29) is 16.5 Å². The Bertz CT molecular complexity index is 1370. The number of thioether (sulfide) groups is 1. The fourth-order valence-corrected chi connectivity index (χ4v) is 4.36. The molecule has 0 atom stereocenters. The number of aromatic nitrogens is 1. The molecule has 10 heteroatoms. The first kappa shape index (κ1) is 24.0. The second-order valence-corrected chi connectivity index (χ2v) is 8.76. The van der Waals surface area contributed by atoms with Crippen LogP contribution in [0.2, 0.25) is 0 Å². The number of imide groups is 1. The summed E-state index contributed by atoms with van der Waals surface area (Å²) in [6, 6.07) is 16.1. The van der Waals surface area contributed by atoms with E-state index in [1.165, 1.54) is 18.2 Å². The van der Waals surface area contributed by atoms with Crippen LogP contribution in [0.3, 0.4) is 0 Å². The Morgan fingerprint density at radius 3 is 2.43 bits per heavy atom. The normalized spacial score (nSPS) is 14.5. The predicted octanol–water partition coefficient (Wildman–Crippen LogP) is 4.30. The SMILES string of the molecule is Cc1cc(/C=C2\SC(=O)N(CC(=O)Nc3ccccc3F)C2=O)c(C)n1NC(=O)c1ccccc1. The van der Waals surface area contributed by atoms with Gasteiger partial charge >= 0.3 is 0 Å². The van der Waals surface area contributed by atoms with Gasteiger partial charge in [0.15, 0.2) is 0 Å². The Hall–Kier alpha value is -4.18. The summed E-state index contributed by atoms with van der Waals surface area (Å²) in [6.45, 7) is 3.03. The van der Waals surface area contributed by atoms with Crippen LogP contribution in [0.25, 0.3) is 6.08 Å². The fraction of sp³-hybridized carbons (Fsp3) is 0.120. The lowest BCUT2D eigenvalue weighted by Gasteiger charge is -2.12. The van der Waals surface area contributed by atoms with Crippen LogP contribution >= 0.6 is 11.8 Å². The predicted molar refractivity (Wildman–Crippen MR) is 132 cm³/mol. The molecule has 0 unspecified atom stereocenters. The van der Waals surface area contributed by atoms with Crippen molar-refractivity contribution in [2.45, 2.75) is 13.8 Å². The Morgan fingerprint density at radius 2 is 1.71 bits per heavy atom. The highest BCUT2D eigenvalue weighted by Crippen LogP contribution is 2.33. The molecule has 1 aliphatic rings. The number of nitrogens with zero attached hydrogens (tertiary/aromatic N) is 2. The van der Waals surface area contributed by atoms with Crippen molar-refractivity contribution in [3.8, 4) is 0 Å². The van der Waals surface area contributed by atoms with Crippen LogP contribution in [0.4, 0.5) is 14.9 Å². The van der Waals surface area contributed by atoms with E-state index >= 15 is 0 Å². The van der Waals surface area contributed by atoms with Crippen molar-refractivity contribution in [3.63, 3.8) is 0 Å². The number of amides is 4. The zero-order chi connectivity index (χ0) is 25.1. The van der Waals surface area contributed by atoms with Crippen molar-refractivity contribution >= 4 is 46.5 Å². The zero-order valence-electron chi connectivity index (χ0n) is 18.9. The van der Waals surface area contributed by atoms with Crippen molar-refractivity contribution in [2.24, 2.45) is 0 Å². The van der Waals surface area contributed by atoms with Gasteiger partial charge in [0.05, 0.1) is 10.6 Å². The van der Waals surface area contributed by atoms with Gasteiger partial charge < -0.3 is 5.32 Å². The van der Waals surface area contributed by atoms with Gasteiger partial charge in [0, 0.05) is 17.0 Å². The molecule has 2 aromatic carbocycles. The summed E-state index contributed by atoms with van der Waals surface area (Å²) in [5.41, 5.74) is 5.30. The molecule has 1 aromatic heterocycles. The number of carbonyl (C=O) groups is 4. The number of anilines is 1. The summed E-state index contributed by atoms with van der Waals surface area (Å²) in [7, 11) is 0. The van der Waals surface area contributed by atoms with Crippen molar-refractivity contribution in [2.75, 3.05) is 17.3 Å². The van der Waals surface area contributed by atoms with Crippen LogP contribution in [0.15, 0.2) is 65.6 Å². The third kappa shape index (κ3) is 5.17. The molecule has 178 valence electrons. The van der Waals surface area contributed by atoms with Crippen LogP contribution in [0.1, 0.15) is 27.3 Å². The molecule has 8 nitrogen and oxygen atoms in total. The number of benzene rings is 2. The molecule has 4 rings (SSSR count). The number of rotatable bonds is 6. The van der Waals surface area contributed by atoms with Gasteiger partial charge in [-0.1, -0.05) is 30.3 Å². The average molecular weight is 493 g/mol. The smallest absolute Gasteiger partial charge is 0.294 e. The molecule has 1 saturated heterocycles. The lowest BCUT2D eigenvalue weighted by Crippen LogP contribution is -2.36. The van der Waals surface area contributed by atoms with Gasteiger partial charge in [-0.2, -0.15) is 0 Å². The lowest BCUT2D eigenvalue weighted by atomic mass is 10.2. The van der Waals surface area contributed by atoms with E-state index < -0.39 is 29.4 Å². The van der Waals surface area contributed by atoms with Crippen LogP contribution in [0.5, 0.6) is 0 Å². The van der Waals surface area contributed by atoms with E-state index in [2.05, 4.69) is 10.7 Å². The minimum Gasteiger partial charge on any atom is -0.322 e. The third-order valence-corrected chi connectivity index (χ3v) is 6.24. The molecule has 0 saturated carbocycles. The Kier molecular flexibility index (Phi) is 6.83. The first-order chi connectivity index (χ1) is 16.7. The third-order valence-electron chi connectivity index (χ3n) is 5.33. The molecule has 0 bridgehead atoms. The Balaban J connectivity index is 1.48. The number of para-hydroxylation sites is 1. The van der Waals surface area contributed by atoms with E-state index in [1.807, 2.05) is 6.07 Å². The first-order valence-electron chi connectivity index (χ1n) is 10.6. The van der Waals surface area contributed by atoms with Gasteiger partial charge in [-0.25, -0.2) is 4.39 Å². The molecule has 1 fully saturated rings. The summed E-state index contributed by atoms with van der Waals surface area (Å²) in [5.74, 6) is -2.23. The summed E-state index contributed by atoms with van der Waals surface area (Å²) in [4.78, 5) is 51.0. The molecule has 4 amide bonds. The molecule has 2 N–H and O–H groups in total. The zero-order valence-corrected chi connectivity index (χ0v) is 19.7. The molecule has 2 heterocycles. The summed E-state index contributed by atoms with van der Waals surface area (Å²) >= 11 is 0.711. The monoisotopic (exact) mass is 492 g/mol. The molecule has 0 spiro atoms. The summed E-state index contributed by atoms with van der Waals surface area (Å²) in [6.07, 6.45) is 1.55. The van der Waals surface area contributed by atoms with Crippen LogP contribution in [-0.2, 0) is 9.59 Å². The van der Waals surface area contributed by atoms with Gasteiger partial charge in [-0.3, -0.25) is 34.2 Å². The van der Waals surface area contributed by atoms with Crippen LogP contribution < -0.4 is 10.7 Å². The number of carbonyl (C=O) groups excluding carboxylic acids is 4. The topological polar surface area (TPSA) is 101 Å². The van der Waals surface area contributed by atoms with Crippen LogP contribution in [-0.4, -0.2) is 39.1 Å². The fourth-order valence-electron chi connectivity index (χ4n) is 3.53. The quantitative estimate of drug-likeness (QED) is 0.500. The van der Waals surface area contributed by atoms with E-state index in [0.717, 1.165) is 10.6 Å². The summed E-state index contributed by atoms with van der Waals surface area (Å²) < 4.78 is 15.4. The van der Waals surface area contributed by atoms with Gasteiger partial charge in [0.1, 0.15) is 12.4 Å². The van der Waals surface area contributed by atoms with Crippen molar-refractivity contribution < 1.29 is 23.6 Å².